The van der Waals surface area contributed by atoms with Crippen molar-refractivity contribution in [2.75, 3.05) is 19.0 Å². The van der Waals surface area contributed by atoms with E-state index in [1.165, 1.54) is 0 Å². The number of H-pyrrole nitrogens is 1. The van der Waals surface area contributed by atoms with E-state index in [4.69, 9.17) is 4.74 Å². The number of rotatable bonds is 4. The van der Waals surface area contributed by atoms with E-state index >= 15 is 0 Å². The topological polar surface area (TPSA) is 66.2 Å². The summed E-state index contributed by atoms with van der Waals surface area (Å²) in [6.07, 6.45) is 1.78. The van der Waals surface area contributed by atoms with Crippen LogP contribution in [0.1, 0.15) is 6.92 Å². The van der Waals surface area contributed by atoms with E-state index in [9.17, 15) is 4.79 Å². The molecule has 1 heterocycles. The Labute approximate surface area is 106 Å². The van der Waals surface area contributed by atoms with Crippen molar-refractivity contribution in [1.82, 2.24) is 10.3 Å². The number of hydrogen-bond donors (Lipinski definition) is 3. The van der Waals surface area contributed by atoms with Crippen LogP contribution in [-0.4, -0.2) is 30.8 Å². The lowest BCUT2D eigenvalue weighted by molar-refractivity contribution is 0.173. The first-order chi connectivity index (χ1) is 8.70. The summed E-state index contributed by atoms with van der Waals surface area (Å²) >= 11 is 0. The molecule has 18 heavy (non-hydrogen) atoms. The van der Waals surface area contributed by atoms with Crippen molar-refractivity contribution >= 4 is 22.6 Å². The summed E-state index contributed by atoms with van der Waals surface area (Å²) in [5.41, 5.74) is 1.77. The van der Waals surface area contributed by atoms with Crippen LogP contribution in [0.15, 0.2) is 30.5 Å². The van der Waals surface area contributed by atoms with Crippen LogP contribution in [0.5, 0.6) is 0 Å². The van der Waals surface area contributed by atoms with E-state index in [-0.39, 0.29) is 12.1 Å². The van der Waals surface area contributed by atoms with Gasteiger partial charge in [-0.05, 0) is 13.0 Å². The molecule has 2 aromatic rings. The van der Waals surface area contributed by atoms with Crippen molar-refractivity contribution in [3.8, 4) is 0 Å². The molecule has 0 unspecified atom stereocenters. The van der Waals surface area contributed by atoms with Gasteiger partial charge >= 0.3 is 6.03 Å². The van der Waals surface area contributed by atoms with Gasteiger partial charge in [-0.25, -0.2) is 4.79 Å². The van der Waals surface area contributed by atoms with Gasteiger partial charge in [0.2, 0.25) is 0 Å². The van der Waals surface area contributed by atoms with Gasteiger partial charge in [-0.15, -0.1) is 0 Å². The number of fused-ring (bicyclic) bond motifs is 1. The molecule has 0 bridgehead atoms. The van der Waals surface area contributed by atoms with Gasteiger partial charge in [0.15, 0.2) is 0 Å². The molecule has 2 rings (SSSR count). The highest BCUT2D eigenvalue weighted by atomic mass is 16.5. The van der Waals surface area contributed by atoms with E-state index in [0.717, 1.165) is 16.6 Å². The molecule has 5 heteroatoms. The van der Waals surface area contributed by atoms with Gasteiger partial charge in [0.05, 0.1) is 18.3 Å². The third kappa shape index (κ3) is 2.81. The van der Waals surface area contributed by atoms with E-state index < -0.39 is 0 Å². The second kappa shape index (κ2) is 5.55. The van der Waals surface area contributed by atoms with Gasteiger partial charge in [0, 0.05) is 24.2 Å². The quantitative estimate of drug-likeness (QED) is 0.776. The summed E-state index contributed by atoms with van der Waals surface area (Å²) in [5.74, 6) is 0. The maximum atomic E-state index is 11.7. The number of para-hydroxylation sites is 1. The van der Waals surface area contributed by atoms with Gasteiger partial charge in [0.1, 0.15) is 0 Å². The Morgan fingerprint density at radius 3 is 3.00 bits per heavy atom. The zero-order valence-corrected chi connectivity index (χ0v) is 10.5. The molecule has 1 aromatic carbocycles. The second-order valence-corrected chi connectivity index (χ2v) is 4.20. The smallest absolute Gasteiger partial charge is 0.319 e. The molecule has 96 valence electrons. The van der Waals surface area contributed by atoms with E-state index in [0.29, 0.717) is 6.61 Å². The summed E-state index contributed by atoms with van der Waals surface area (Å²) < 4.78 is 4.96. The third-order valence-corrected chi connectivity index (χ3v) is 2.63. The van der Waals surface area contributed by atoms with Crippen LogP contribution in [0.3, 0.4) is 0 Å². The van der Waals surface area contributed by atoms with Crippen LogP contribution in [-0.2, 0) is 4.74 Å². The number of aromatic nitrogens is 1. The van der Waals surface area contributed by atoms with Crippen LogP contribution >= 0.6 is 0 Å². The number of anilines is 1. The van der Waals surface area contributed by atoms with E-state index in [1.807, 2.05) is 31.2 Å². The molecule has 0 spiro atoms. The van der Waals surface area contributed by atoms with E-state index in [1.54, 1.807) is 13.3 Å². The molecule has 0 fully saturated rings. The maximum Gasteiger partial charge on any atom is 0.319 e. The number of methoxy groups -OCH3 is 1. The molecule has 1 aromatic heterocycles. The van der Waals surface area contributed by atoms with Crippen LogP contribution < -0.4 is 10.6 Å². The van der Waals surface area contributed by atoms with Crippen LogP contribution in [0.4, 0.5) is 10.5 Å². The van der Waals surface area contributed by atoms with Crippen molar-refractivity contribution in [3.63, 3.8) is 0 Å². The lowest BCUT2D eigenvalue weighted by Gasteiger charge is -2.13. The number of hydrogen-bond acceptors (Lipinski definition) is 2. The highest BCUT2D eigenvalue weighted by molar-refractivity contribution is 6.00. The van der Waals surface area contributed by atoms with Crippen LogP contribution in [0.25, 0.3) is 10.9 Å². The maximum absolute atomic E-state index is 11.7. The third-order valence-electron chi connectivity index (χ3n) is 2.63. The van der Waals surface area contributed by atoms with Gasteiger partial charge in [-0.1, -0.05) is 18.2 Å². The Morgan fingerprint density at radius 1 is 1.44 bits per heavy atom. The Kier molecular flexibility index (Phi) is 3.84. The number of nitrogens with one attached hydrogen (secondary N) is 3. The predicted octanol–water partition coefficient (Wildman–Crippen LogP) is 2.32. The first-order valence-corrected chi connectivity index (χ1v) is 5.83. The fourth-order valence-corrected chi connectivity index (χ4v) is 1.85. The number of carbonyl (C=O) groups excluding carboxylic acids is 1. The summed E-state index contributed by atoms with van der Waals surface area (Å²) in [6, 6.07) is 7.55. The second-order valence-electron chi connectivity index (χ2n) is 4.20. The summed E-state index contributed by atoms with van der Waals surface area (Å²) in [7, 11) is 1.61. The molecule has 0 saturated carbocycles. The van der Waals surface area contributed by atoms with E-state index in [2.05, 4.69) is 15.6 Å². The molecule has 0 aliphatic rings. The van der Waals surface area contributed by atoms with Gasteiger partial charge in [-0.2, -0.15) is 0 Å². The van der Waals surface area contributed by atoms with Crippen molar-refractivity contribution in [2.45, 2.75) is 13.0 Å². The van der Waals surface area contributed by atoms with Crippen LogP contribution in [0.2, 0.25) is 0 Å². The highest BCUT2D eigenvalue weighted by Gasteiger charge is 2.09. The number of amides is 2. The Bertz CT molecular complexity index is 536. The number of aromatic amines is 1. The molecule has 3 N–H and O–H groups in total. The minimum atomic E-state index is -0.232. The molecule has 5 nitrogen and oxygen atoms in total. The van der Waals surface area contributed by atoms with Gasteiger partial charge in [0.25, 0.3) is 0 Å². The zero-order valence-electron chi connectivity index (χ0n) is 10.5. The molecular formula is C13H17N3O2. The largest absolute Gasteiger partial charge is 0.383 e. The number of ether oxygens (including phenoxy) is 1. The highest BCUT2D eigenvalue weighted by Crippen LogP contribution is 2.22. The first-order valence-electron chi connectivity index (χ1n) is 5.83. The lowest BCUT2D eigenvalue weighted by Crippen LogP contribution is -2.38. The molecule has 0 aliphatic carbocycles. The number of urea groups is 1. The number of carbonyl (C=O) groups is 1. The molecule has 0 aliphatic heterocycles. The van der Waals surface area contributed by atoms with Crippen molar-refractivity contribution < 1.29 is 9.53 Å². The summed E-state index contributed by atoms with van der Waals surface area (Å²) in [4.78, 5) is 14.9. The van der Waals surface area contributed by atoms with Crippen molar-refractivity contribution in [3.05, 3.63) is 30.5 Å². The molecule has 2 amide bonds. The van der Waals surface area contributed by atoms with Gasteiger partial charge < -0.3 is 20.4 Å². The predicted molar refractivity (Wildman–Crippen MR) is 71.8 cm³/mol. The Morgan fingerprint density at radius 2 is 2.22 bits per heavy atom. The minimum absolute atomic E-state index is 0.0276. The first kappa shape index (κ1) is 12.4. The zero-order chi connectivity index (χ0) is 13.0. The average Bonchev–Trinajstić information content (AvgIpc) is 2.73. The summed E-state index contributed by atoms with van der Waals surface area (Å²) in [6.45, 7) is 2.37. The molecule has 0 saturated heterocycles. The average molecular weight is 247 g/mol. The Hall–Kier alpha value is -2.01. The molecular weight excluding hydrogens is 230 g/mol. The van der Waals surface area contributed by atoms with Crippen molar-refractivity contribution in [1.29, 1.82) is 0 Å². The van der Waals surface area contributed by atoms with Gasteiger partial charge in [-0.3, -0.25) is 0 Å². The fourth-order valence-electron chi connectivity index (χ4n) is 1.85. The molecule has 0 radical (unpaired) electrons. The monoisotopic (exact) mass is 247 g/mol. The lowest BCUT2D eigenvalue weighted by atomic mass is 10.2. The SMILES string of the molecule is COC[C@@H](C)NC(=O)Nc1c[nH]c2ccccc12. The number of benzene rings is 1. The Balaban J connectivity index is 2.03. The molecule has 1 atom stereocenters. The van der Waals surface area contributed by atoms with Crippen molar-refractivity contribution in [2.24, 2.45) is 0 Å². The minimum Gasteiger partial charge on any atom is -0.383 e. The fraction of sp³-hybridized carbons (Fsp3) is 0.308. The normalized spacial score (nSPS) is 12.3. The standard InChI is InChI=1S/C13H17N3O2/c1-9(8-18-2)15-13(17)16-12-7-14-11-6-4-3-5-10(11)12/h3-7,9,14H,8H2,1-2H3,(H2,15,16,17)/t9-/m1/s1. The van der Waals surface area contributed by atoms with Crippen LogP contribution in [0, 0.1) is 0 Å². The summed E-state index contributed by atoms with van der Waals surface area (Å²) in [5, 5.41) is 6.60.